The summed E-state index contributed by atoms with van der Waals surface area (Å²) in [6.07, 6.45) is 0. The molecule has 3 nitrogen and oxygen atoms in total. The van der Waals surface area contributed by atoms with Crippen molar-refractivity contribution in [1.82, 2.24) is 10.2 Å². The van der Waals surface area contributed by atoms with Crippen LogP contribution < -0.4 is 5.56 Å². The van der Waals surface area contributed by atoms with Crippen LogP contribution in [-0.2, 0) is 0 Å². The van der Waals surface area contributed by atoms with Crippen molar-refractivity contribution in [3.8, 4) is 11.1 Å². The molecule has 1 heterocycles. The first kappa shape index (κ1) is 14.8. The third kappa shape index (κ3) is 2.81. The molecule has 2 rings (SSSR count). The molecule has 108 valence electrons. The van der Waals surface area contributed by atoms with Crippen molar-refractivity contribution in [3.63, 3.8) is 0 Å². The molecule has 0 radical (unpaired) electrons. The molecule has 1 aromatic carbocycles. The highest BCUT2D eigenvalue weighted by Crippen LogP contribution is 2.33. The van der Waals surface area contributed by atoms with E-state index in [-0.39, 0.29) is 5.56 Å². The van der Waals surface area contributed by atoms with E-state index in [1.165, 1.54) is 0 Å². The largest absolute Gasteiger partial charge is 0.272 e. The number of hydrogen-bond acceptors (Lipinski definition) is 2. The van der Waals surface area contributed by atoms with Crippen LogP contribution in [-0.4, -0.2) is 10.2 Å². The van der Waals surface area contributed by atoms with Gasteiger partial charge in [0.1, 0.15) is 11.7 Å². The zero-order valence-electron chi connectivity index (χ0n) is 11.7. The molecule has 0 aliphatic carbocycles. The molecule has 0 aliphatic heterocycles. The Hall–Kier alpha value is -2.56. The van der Waals surface area contributed by atoms with Gasteiger partial charge in [0, 0.05) is 5.56 Å². The van der Waals surface area contributed by atoms with Crippen molar-refractivity contribution < 1.29 is 8.78 Å². The predicted octanol–water partition coefficient (Wildman–Crippen LogP) is 3.93. The Morgan fingerprint density at radius 3 is 2.38 bits per heavy atom. The number of nitrogens with zero attached hydrogens (tertiary/aromatic N) is 1. The van der Waals surface area contributed by atoms with E-state index in [4.69, 9.17) is 0 Å². The number of hydrogen-bond donors (Lipinski definition) is 1. The molecule has 1 aromatic heterocycles. The number of aryl methyl sites for hydroxylation is 1. The van der Waals surface area contributed by atoms with Gasteiger partial charge < -0.3 is 0 Å². The van der Waals surface area contributed by atoms with Gasteiger partial charge in [-0.25, -0.2) is 13.9 Å². The molecule has 0 bridgehead atoms. The van der Waals surface area contributed by atoms with Crippen LogP contribution in [0.2, 0.25) is 0 Å². The van der Waals surface area contributed by atoms with Gasteiger partial charge in [0.15, 0.2) is 0 Å². The topological polar surface area (TPSA) is 45.8 Å². The average Bonchev–Trinajstić information content (AvgIpc) is 2.43. The van der Waals surface area contributed by atoms with Gasteiger partial charge in [-0.1, -0.05) is 36.9 Å². The highest BCUT2D eigenvalue weighted by molar-refractivity contribution is 5.87. The standard InChI is InChI=1S/C16H14F2N2O/c1-9(17)13(10(2)18)15-14(11(3)19-20-16(15)21)12-7-5-4-6-8-12/h4-8H,1H2,2-3H3,(H,20,21). The van der Waals surface area contributed by atoms with E-state index in [0.717, 1.165) is 6.92 Å². The van der Waals surface area contributed by atoms with Crippen molar-refractivity contribution >= 4 is 5.57 Å². The molecule has 5 heteroatoms. The van der Waals surface area contributed by atoms with Crippen LogP contribution in [0.25, 0.3) is 16.7 Å². The van der Waals surface area contributed by atoms with E-state index in [9.17, 15) is 13.6 Å². The van der Waals surface area contributed by atoms with Crippen molar-refractivity contribution in [3.05, 3.63) is 70.2 Å². The van der Waals surface area contributed by atoms with Crippen LogP contribution in [0.5, 0.6) is 0 Å². The number of benzene rings is 1. The fourth-order valence-electron chi connectivity index (χ4n) is 2.23. The number of H-pyrrole nitrogens is 1. The zero-order valence-corrected chi connectivity index (χ0v) is 11.7. The molecule has 0 aliphatic rings. The lowest BCUT2D eigenvalue weighted by Crippen LogP contribution is -2.17. The number of aromatic nitrogens is 2. The van der Waals surface area contributed by atoms with E-state index < -0.39 is 22.8 Å². The van der Waals surface area contributed by atoms with E-state index in [1.807, 2.05) is 6.07 Å². The minimum absolute atomic E-state index is 0.0961. The Morgan fingerprint density at radius 2 is 1.86 bits per heavy atom. The van der Waals surface area contributed by atoms with Crippen molar-refractivity contribution in [2.45, 2.75) is 13.8 Å². The second-order valence-corrected chi connectivity index (χ2v) is 4.57. The van der Waals surface area contributed by atoms with Crippen LogP contribution >= 0.6 is 0 Å². The summed E-state index contributed by atoms with van der Waals surface area (Å²) in [4.78, 5) is 12.1. The summed E-state index contributed by atoms with van der Waals surface area (Å²) >= 11 is 0. The summed E-state index contributed by atoms with van der Waals surface area (Å²) in [5.74, 6) is -1.81. The fourth-order valence-corrected chi connectivity index (χ4v) is 2.23. The van der Waals surface area contributed by atoms with Gasteiger partial charge in [-0.05, 0) is 19.4 Å². The first-order valence-electron chi connectivity index (χ1n) is 6.29. The lowest BCUT2D eigenvalue weighted by molar-refractivity contribution is 0.624. The molecule has 0 fully saturated rings. The number of nitrogens with one attached hydrogen (secondary N) is 1. The Bertz CT molecular complexity index is 773. The highest BCUT2D eigenvalue weighted by Gasteiger charge is 2.21. The average molecular weight is 288 g/mol. The third-order valence-corrected chi connectivity index (χ3v) is 3.09. The number of rotatable bonds is 3. The smallest absolute Gasteiger partial charge is 0.267 e. The summed E-state index contributed by atoms with van der Waals surface area (Å²) in [5.41, 5.74) is 0.330. The van der Waals surface area contributed by atoms with Gasteiger partial charge in [-0.15, -0.1) is 0 Å². The van der Waals surface area contributed by atoms with Crippen molar-refractivity contribution in [2.75, 3.05) is 0 Å². The van der Waals surface area contributed by atoms with E-state index in [2.05, 4.69) is 16.8 Å². The quantitative estimate of drug-likeness (QED) is 0.870. The molecule has 2 aromatic rings. The molecule has 21 heavy (non-hydrogen) atoms. The van der Waals surface area contributed by atoms with Gasteiger partial charge >= 0.3 is 0 Å². The minimum Gasteiger partial charge on any atom is -0.267 e. The lowest BCUT2D eigenvalue weighted by Gasteiger charge is -2.13. The van der Waals surface area contributed by atoms with Crippen LogP contribution in [0.4, 0.5) is 8.78 Å². The van der Waals surface area contributed by atoms with Crippen LogP contribution in [0.1, 0.15) is 18.2 Å². The van der Waals surface area contributed by atoms with E-state index >= 15 is 0 Å². The molecule has 0 saturated heterocycles. The van der Waals surface area contributed by atoms with E-state index in [1.54, 1.807) is 31.2 Å². The van der Waals surface area contributed by atoms with Crippen molar-refractivity contribution in [2.24, 2.45) is 0 Å². The van der Waals surface area contributed by atoms with E-state index in [0.29, 0.717) is 16.8 Å². The summed E-state index contributed by atoms with van der Waals surface area (Å²) in [5, 5.41) is 6.14. The summed E-state index contributed by atoms with van der Waals surface area (Å²) < 4.78 is 27.4. The first-order valence-corrected chi connectivity index (χ1v) is 6.29. The maximum Gasteiger partial charge on any atom is 0.272 e. The molecule has 0 unspecified atom stereocenters. The highest BCUT2D eigenvalue weighted by atomic mass is 19.1. The molecule has 0 spiro atoms. The Labute approximate surface area is 120 Å². The Balaban J connectivity index is 2.90. The monoisotopic (exact) mass is 288 g/mol. The normalized spacial score (nSPS) is 12.0. The van der Waals surface area contributed by atoms with Gasteiger partial charge in [-0.2, -0.15) is 5.10 Å². The zero-order chi connectivity index (χ0) is 15.6. The predicted molar refractivity (Wildman–Crippen MR) is 79.0 cm³/mol. The van der Waals surface area contributed by atoms with Crippen LogP contribution in [0.15, 0.2) is 53.4 Å². The third-order valence-electron chi connectivity index (χ3n) is 3.09. The molecular formula is C16H14F2N2O. The summed E-state index contributed by atoms with van der Waals surface area (Å²) in [6.45, 7) is 5.87. The fraction of sp³-hybridized carbons (Fsp3) is 0.125. The minimum atomic E-state index is -0.997. The molecule has 0 amide bonds. The second kappa shape index (κ2) is 5.83. The molecular weight excluding hydrogens is 274 g/mol. The molecule has 0 saturated carbocycles. The molecule has 0 atom stereocenters. The number of halogens is 2. The number of allylic oxidation sites excluding steroid dienone is 3. The summed E-state index contributed by atoms with van der Waals surface area (Å²) in [7, 11) is 0. The maximum absolute atomic E-state index is 13.7. The summed E-state index contributed by atoms with van der Waals surface area (Å²) in [6, 6.07) is 8.86. The number of aromatic amines is 1. The Morgan fingerprint density at radius 1 is 1.24 bits per heavy atom. The van der Waals surface area contributed by atoms with Crippen LogP contribution in [0.3, 0.4) is 0 Å². The molecule has 1 N–H and O–H groups in total. The van der Waals surface area contributed by atoms with Crippen molar-refractivity contribution in [1.29, 1.82) is 0 Å². The Kier molecular flexibility index (Phi) is 4.12. The first-order chi connectivity index (χ1) is 9.93. The lowest BCUT2D eigenvalue weighted by atomic mass is 9.94. The van der Waals surface area contributed by atoms with Gasteiger partial charge in [0.05, 0.1) is 16.8 Å². The van der Waals surface area contributed by atoms with Gasteiger partial charge in [0.2, 0.25) is 0 Å². The maximum atomic E-state index is 13.7. The van der Waals surface area contributed by atoms with Gasteiger partial charge in [-0.3, -0.25) is 4.79 Å². The SMILES string of the molecule is C=C(F)C(=C(C)F)c1c(-c2ccccc2)c(C)n[nH]c1=O. The second-order valence-electron chi connectivity index (χ2n) is 4.57. The van der Waals surface area contributed by atoms with Gasteiger partial charge in [0.25, 0.3) is 5.56 Å². The van der Waals surface area contributed by atoms with Crippen LogP contribution in [0, 0.1) is 6.92 Å².